The highest BCUT2D eigenvalue weighted by Crippen LogP contribution is 2.34. The standard InChI is InChI=1S/C27H21F3N2O4/c1-2-35-24(33)17-36-23-14-7-6-11-19(23)15-22-25(18-9-4-3-5-10-18)31-32(26(22)34)21-13-8-12-20(16-21)27(28,29)30/h3-16H,2,17H2,1H3/b22-15-. The number of halogens is 3. The van der Waals surface area contributed by atoms with Crippen LogP contribution in [0.1, 0.15) is 23.6 Å². The summed E-state index contributed by atoms with van der Waals surface area (Å²) in [7, 11) is 0. The first-order valence-corrected chi connectivity index (χ1v) is 11.0. The van der Waals surface area contributed by atoms with Crippen LogP contribution in [-0.2, 0) is 20.5 Å². The second-order valence-electron chi connectivity index (χ2n) is 7.67. The number of rotatable bonds is 7. The normalized spacial score (nSPS) is 14.7. The van der Waals surface area contributed by atoms with Gasteiger partial charge < -0.3 is 9.47 Å². The van der Waals surface area contributed by atoms with Gasteiger partial charge in [0.1, 0.15) is 11.5 Å². The maximum absolute atomic E-state index is 13.5. The molecule has 0 saturated carbocycles. The van der Waals surface area contributed by atoms with E-state index in [0.29, 0.717) is 22.6 Å². The van der Waals surface area contributed by atoms with Crippen LogP contribution in [-0.4, -0.2) is 30.8 Å². The number of para-hydroxylation sites is 1. The van der Waals surface area contributed by atoms with Gasteiger partial charge in [-0.25, -0.2) is 4.79 Å². The number of carbonyl (C=O) groups is 2. The van der Waals surface area contributed by atoms with E-state index in [1.54, 1.807) is 67.6 Å². The quantitative estimate of drug-likeness (QED) is 0.322. The molecular formula is C27H21F3N2O4. The number of alkyl halides is 3. The Balaban J connectivity index is 1.75. The molecule has 4 rings (SSSR count). The predicted octanol–water partition coefficient (Wildman–Crippen LogP) is 5.48. The number of hydrazone groups is 1. The summed E-state index contributed by atoms with van der Waals surface area (Å²) in [5.74, 6) is -0.816. The van der Waals surface area contributed by atoms with Crippen LogP contribution in [0.4, 0.5) is 18.9 Å². The third-order valence-electron chi connectivity index (χ3n) is 5.21. The maximum Gasteiger partial charge on any atom is 0.416 e. The second-order valence-corrected chi connectivity index (χ2v) is 7.67. The number of hydrogen-bond acceptors (Lipinski definition) is 5. The Kier molecular flexibility index (Phi) is 7.19. The van der Waals surface area contributed by atoms with Crippen LogP contribution in [0.3, 0.4) is 0 Å². The fourth-order valence-corrected chi connectivity index (χ4v) is 3.57. The van der Waals surface area contributed by atoms with Gasteiger partial charge in [-0.3, -0.25) is 4.79 Å². The molecule has 3 aromatic rings. The van der Waals surface area contributed by atoms with Crippen LogP contribution >= 0.6 is 0 Å². The van der Waals surface area contributed by atoms with Gasteiger partial charge in [-0.05, 0) is 37.3 Å². The summed E-state index contributed by atoms with van der Waals surface area (Å²) in [6, 6.07) is 20.0. The summed E-state index contributed by atoms with van der Waals surface area (Å²) in [5.41, 5.74) is 0.637. The van der Waals surface area contributed by atoms with Crippen LogP contribution in [0.25, 0.3) is 6.08 Å². The summed E-state index contributed by atoms with van der Waals surface area (Å²) in [6.45, 7) is 1.57. The predicted molar refractivity (Wildman–Crippen MR) is 128 cm³/mol. The molecule has 0 bridgehead atoms. The van der Waals surface area contributed by atoms with E-state index in [1.165, 1.54) is 12.1 Å². The van der Waals surface area contributed by atoms with Crippen molar-refractivity contribution in [1.82, 2.24) is 0 Å². The topological polar surface area (TPSA) is 68.2 Å². The van der Waals surface area contributed by atoms with Gasteiger partial charge in [-0.2, -0.15) is 23.3 Å². The van der Waals surface area contributed by atoms with Crippen molar-refractivity contribution in [3.8, 4) is 5.75 Å². The molecule has 1 aliphatic heterocycles. The van der Waals surface area contributed by atoms with Crippen molar-refractivity contribution in [2.75, 3.05) is 18.2 Å². The Morgan fingerprint density at radius 1 is 1.00 bits per heavy atom. The van der Waals surface area contributed by atoms with Crippen molar-refractivity contribution in [2.24, 2.45) is 5.10 Å². The average Bonchev–Trinajstić information content (AvgIpc) is 3.19. The van der Waals surface area contributed by atoms with E-state index in [2.05, 4.69) is 5.10 Å². The molecule has 9 heteroatoms. The Morgan fingerprint density at radius 3 is 2.44 bits per heavy atom. The summed E-state index contributed by atoms with van der Waals surface area (Å²) in [6.07, 6.45) is -3.03. The van der Waals surface area contributed by atoms with E-state index in [1.807, 2.05) is 0 Å². The Labute approximate surface area is 205 Å². The Hall–Kier alpha value is -4.40. The average molecular weight is 494 g/mol. The number of anilines is 1. The molecular weight excluding hydrogens is 473 g/mol. The highest BCUT2D eigenvalue weighted by atomic mass is 19.4. The van der Waals surface area contributed by atoms with E-state index in [9.17, 15) is 22.8 Å². The molecule has 0 atom stereocenters. The monoisotopic (exact) mass is 494 g/mol. The van der Waals surface area contributed by atoms with Crippen molar-refractivity contribution in [1.29, 1.82) is 0 Å². The first-order valence-electron chi connectivity index (χ1n) is 11.0. The minimum Gasteiger partial charge on any atom is -0.481 e. The molecule has 0 aromatic heterocycles. The van der Waals surface area contributed by atoms with Gasteiger partial charge in [0.2, 0.25) is 0 Å². The molecule has 0 aliphatic carbocycles. The van der Waals surface area contributed by atoms with Gasteiger partial charge >= 0.3 is 12.1 Å². The molecule has 6 nitrogen and oxygen atoms in total. The highest BCUT2D eigenvalue weighted by molar-refractivity contribution is 6.37. The minimum absolute atomic E-state index is 0.0153. The largest absolute Gasteiger partial charge is 0.481 e. The maximum atomic E-state index is 13.5. The summed E-state index contributed by atoms with van der Waals surface area (Å²) < 4.78 is 50.3. The lowest BCUT2D eigenvalue weighted by Gasteiger charge is -2.14. The number of amides is 1. The van der Waals surface area contributed by atoms with Crippen LogP contribution in [0, 0.1) is 0 Å². The van der Waals surface area contributed by atoms with Crippen LogP contribution in [0.15, 0.2) is 89.5 Å². The Morgan fingerprint density at radius 2 is 1.72 bits per heavy atom. The number of nitrogens with zero attached hydrogens (tertiary/aromatic N) is 2. The molecule has 0 saturated heterocycles. The molecule has 0 N–H and O–H groups in total. The van der Waals surface area contributed by atoms with Crippen molar-refractivity contribution >= 4 is 29.4 Å². The molecule has 0 radical (unpaired) electrons. The zero-order valence-electron chi connectivity index (χ0n) is 19.2. The highest BCUT2D eigenvalue weighted by Gasteiger charge is 2.35. The van der Waals surface area contributed by atoms with E-state index in [0.717, 1.165) is 17.1 Å². The first kappa shape index (κ1) is 24.7. The lowest BCUT2D eigenvalue weighted by Crippen LogP contribution is -2.22. The van der Waals surface area contributed by atoms with Crippen LogP contribution in [0.2, 0.25) is 0 Å². The first-order chi connectivity index (χ1) is 17.3. The molecule has 3 aromatic carbocycles. The van der Waals surface area contributed by atoms with Crippen molar-refractivity contribution < 1.29 is 32.2 Å². The summed E-state index contributed by atoms with van der Waals surface area (Å²) >= 11 is 0. The summed E-state index contributed by atoms with van der Waals surface area (Å²) in [5, 5.41) is 5.34. The van der Waals surface area contributed by atoms with E-state index >= 15 is 0 Å². The smallest absolute Gasteiger partial charge is 0.416 e. The van der Waals surface area contributed by atoms with Gasteiger partial charge in [0, 0.05) is 11.1 Å². The van der Waals surface area contributed by atoms with Crippen LogP contribution < -0.4 is 9.75 Å². The lowest BCUT2D eigenvalue weighted by atomic mass is 10.00. The van der Waals surface area contributed by atoms with Crippen LogP contribution in [0.5, 0.6) is 5.75 Å². The lowest BCUT2D eigenvalue weighted by molar-refractivity contribution is -0.145. The third-order valence-corrected chi connectivity index (χ3v) is 5.21. The second kappa shape index (κ2) is 10.5. The molecule has 36 heavy (non-hydrogen) atoms. The SMILES string of the molecule is CCOC(=O)COc1ccccc1/C=C1\C(=O)N(c2cccc(C(F)(F)F)c2)N=C1c1ccccc1. The van der Waals surface area contributed by atoms with E-state index < -0.39 is 23.6 Å². The number of hydrogen-bond donors (Lipinski definition) is 0. The molecule has 0 spiro atoms. The minimum atomic E-state index is -4.57. The Bertz CT molecular complexity index is 1330. The molecule has 184 valence electrons. The van der Waals surface area contributed by atoms with Gasteiger partial charge in [-0.1, -0.05) is 54.6 Å². The third kappa shape index (κ3) is 5.46. The molecule has 1 aliphatic rings. The fourth-order valence-electron chi connectivity index (χ4n) is 3.57. The zero-order valence-corrected chi connectivity index (χ0v) is 19.2. The number of carbonyl (C=O) groups excluding carboxylic acids is 2. The molecule has 0 fully saturated rings. The number of ether oxygens (including phenoxy) is 2. The number of esters is 1. The fraction of sp³-hybridized carbons (Fsp3) is 0.148. The van der Waals surface area contributed by atoms with Gasteiger partial charge in [0.05, 0.1) is 23.4 Å². The van der Waals surface area contributed by atoms with Crippen molar-refractivity contribution in [3.63, 3.8) is 0 Å². The van der Waals surface area contributed by atoms with E-state index in [4.69, 9.17) is 9.47 Å². The summed E-state index contributed by atoms with van der Waals surface area (Å²) in [4.78, 5) is 25.2. The molecule has 0 unspecified atom stereocenters. The van der Waals surface area contributed by atoms with Crippen molar-refractivity contribution in [3.05, 3.63) is 101 Å². The zero-order chi connectivity index (χ0) is 25.7. The van der Waals surface area contributed by atoms with Gasteiger partial charge in [0.15, 0.2) is 6.61 Å². The van der Waals surface area contributed by atoms with E-state index in [-0.39, 0.29) is 24.5 Å². The van der Waals surface area contributed by atoms with Crippen molar-refractivity contribution in [2.45, 2.75) is 13.1 Å². The molecule has 1 heterocycles. The molecule has 1 amide bonds. The number of benzene rings is 3. The van der Waals surface area contributed by atoms with Gasteiger partial charge in [0.25, 0.3) is 5.91 Å². The van der Waals surface area contributed by atoms with Gasteiger partial charge in [-0.15, -0.1) is 0 Å².